The van der Waals surface area contributed by atoms with Crippen LogP contribution in [-0.4, -0.2) is 47.1 Å². The number of halogens is 4. The average Bonchev–Trinajstić information content (AvgIpc) is 3.24. The van der Waals surface area contributed by atoms with Crippen molar-refractivity contribution in [2.75, 3.05) is 13.2 Å². The molecule has 2 aromatic carbocycles. The Balaban J connectivity index is 1.14. The van der Waals surface area contributed by atoms with E-state index < -0.39 is 41.7 Å². The Morgan fingerprint density at radius 3 is 2.50 bits per heavy atom. The molecule has 1 amide bonds. The number of amides is 1. The summed E-state index contributed by atoms with van der Waals surface area (Å²) in [5.41, 5.74) is 3.39. The van der Waals surface area contributed by atoms with Crippen molar-refractivity contribution in [3.05, 3.63) is 58.4 Å². The lowest BCUT2D eigenvalue weighted by Crippen LogP contribution is -2.70. The van der Waals surface area contributed by atoms with E-state index in [2.05, 4.69) is 36.6 Å². The number of alkyl halides is 3. The van der Waals surface area contributed by atoms with E-state index in [1.165, 1.54) is 16.7 Å². The monoisotopic (exact) mass is 533 g/mol. The van der Waals surface area contributed by atoms with Gasteiger partial charge >= 0.3 is 6.18 Å². The standard InChI is InChI=1S/C28H31F4N3O3/c1-16-9-18-11-19(34-23(18)10-17(16)2)14-33-26-5-7-27(8-6-26,24(36)13-26)35-25(37)15-38-20-3-4-21(22(29)12-20)28(30,31)32/h3-4,9-10,12,24,33,36H,5-8,11,13-15H2,1-2H3,(H,35,37)/t24-,26?,27?/m0/s1. The van der Waals surface area contributed by atoms with Gasteiger partial charge in [0.25, 0.3) is 5.91 Å². The molecule has 1 heterocycles. The maximum absolute atomic E-state index is 13.8. The van der Waals surface area contributed by atoms with E-state index in [1.807, 2.05) is 0 Å². The fourth-order valence-electron chi connectivity index (χ4n) is 5.94. The highest BCUT2D eigenvalue weighted by Crippen LogP contribution is 2.47. The van der Waals surface area contributed by atoms with E-state index in [1.54, 1.807) is 0 Å². The lowest BCUT2D eigenvalue weighted by Gasteiger charge is -2.56. The third-order valence-corrected chi connectivity index (χ3v) is 8.36. The largest absolute Gasteiger partial charge is 0.484 e. The quantitative estimate of drug-likeness (QED) is 0.451. The number of rotatable bonds is 7. The summed E-state index contributed by atoms with van der Waals surface area (Å²) in [7, 11) is 0. The minimum atomic E-state index is -4.81. The van der Waals surface area contributed by atoms with Gasteiger partial charge in [-0.25, -0.2) is 4.39 Å². The fraction of sp³-hybridized carbons (Fsp3) is 0.500. The number of benzene rings is 2. The van der Waals surface area contributed by atoms with Gasteiger partial charge in [-0.05, 0) is 80.8 Å². The first-order valence-electron chi connectivity index (χ1n) is 12.8. The molecular formula is C28H31F4N3O3. The molecule has 6 nitrogen and oxygen atoms in total. The van der Waals surface area contributed by atoms with Crippen LogP contribution in [0.25, 0.3) is 0 Å². The predicted octanol–water partition coefficient (Wildman–Crippen LogP) is 4.69. The summed E-state index contributed by atoms with van der Waals surface area (Å²) in [6, 6.07) is 6.48. The highest BCUT2D eigenvalue weighted by atomic mass is 19.4. The maximum Gasteiger partial charge on any atom is 0.419 e. The summed E-state index contributed by atoms with van der Waals surface area (Å²) in [6.07, 6.45) is -1.59. The van der Waals surface area contributed by atoms with E-state index in [9.17, 15) is 27.5 Å². The molecule has 2 bridgehead atoms. The number of nitrogens with zero attached hydrogens (tertiary/aromatic N) is 1. The van der Waals surface area contributed by atoms with Gasteiger partial charge in [-0.1, -0.05) is 6.07 Å². The molecule has 0 aromatic heterocycles. The van der Waals surface area contributed by atoms with E-state index >= 15 is 0 Å². The summed E-state index contributed by atoms with van der Waals surface area (Å²) >= 11 is 0. The van der Waals surface area contributed by atoms with Crippen LogP contribution in [0, 0.1) is 19.7 Å². The zero-order valence-corrected chi connectivity index (χ0v) is 21.3. The number of fused-ring (bicyclic) bond motifs is 4. The van der Waals surface area contributed by atoms with E-state index in [4.69, 9.17) is 9.73 Å². The molecule has 0 saturated heterocycles. The smallest absolute Gasteiger partial charge is 0.419 e. The summed E-state index contributed by atoms with van der Waals surface area (Å²) in [6.45, 7) is 4.32. The van der Waals surface area contributed by atoms with Crippen LogP contribution >= 0.6 is 0 Å². The summed E-state index contributed by atoms with van der Waals surface area (Å²) < 4.78 is 57.2. The van der Waals surface area contributed by atoms with Gasteiger partial charge in [0.15, 0.2) is 6.61 Å². The number of carbonyl (C=O) groups excluding carboxylic acids is 1. The Bertz CT molecular complexity index is 1280. The van der Waals surface area contributed by atoms with Crippen LogP contribution in [0.1, 0.15) is 54.4 Å². The normalized spacial score (nSPS) is 26.2. The first-order valence-corrected chi connectivity index (χ1v) is 12.8. The first-order chi connectivity index (χ1) is 17.9. The minimum Gasteiger partial charge on any atom is -0.484 e. The Morgan fingerprint density at radius 2 is 1.84 bits per heavy atom. The maximum atomic E-state index is 13.8. The van der Waals surface area contributed by atoms with E-state index in [0.29, 0.717) is 37.9 Å². The van der Waals surface area contributed by atoms with Crippen LogP contribution < -0.4 is 15.4 Å². The van der Waals surface area contributed by atoms with Gasteiger partial charge in [0.1, 0.15) is 11.6 Å². The van der Waals surface area contributed by atoms with Crippen LogP contribution in [0.3, 0.4) is 0 Å². The number of nitrogens with one attached hydrogen (secondary N) is 2. The number of ether oxygens (including phenoxy) is 1. The Morgan fingerprint density at radius 1 is 1.13 bits per heavy atom. The molecule has 204 valence electrons. The number of hydrogen-bond acceptors (Lipinski definition) is 5. The summed E-state index contributed by atoms with van der Waals surface area (Å²) in [5.74, 6) is -2.16. The predicted molar refractivity (Wildman–Crippen MR) is 134 cm³/mol. The number of aliphatic hydroxyl groups is 1. The molecule has 0 unspecified atom stereocenters. The van der Waals surface area contributed by atoms with Gasteiger partial charge < -0.3 is 20.5 Å². The van der Waals surface area contributed by atoms with Gasteiger partial charge in [-0.15, -0.1) is 0 Å². The first kappa shape index (κ1) is 26.6. The third kappa shape index (κ3) is 5.16. The highest BCUT2D eigenvalue weighted by Gasteiger charge is 2.54. The fourth-order valence-corrected chi connectivity index (χ4v) is 5.94. The topological polar surface area (TPSA) is 83.0 Å². The Kier molecular flexibility index (Phi) is 6.76. The van der Waals surface area contributed by atoms with E-state index in [0.717, 1.165) is 36.7 Å². The lowest BCUT2D eigenvalue weighted by atomic mass is 9.60. The molecule has 0 spiro atoms. The number of aliphatic imine (C=N–C) groups is 1. The second kappa shape index (κ2) is 9.64. The molecule has 6 rings (SSSR count). The molecule has 10 heteroatoms. The second-order valence-electron chi connectivity index (χ2n) is 10.9. The van der Waals surface area contributed by atoms with Crippen LogP contribution in [0.4, 0.5) is 23.2 Å². The summed E-state index contributed by atoms with van der Waals surface area (Å²) in [5, 5.41) is 17.5. The molecule has 4 aliphatic rings. The van der Waals surface area contributed by atoms with Crippen LogP contribution in [0.15, 0.2) is 35.3 Å². The number of hydrogen-bond donors (Lipinski definition) is 3. The molecule has 0 radical (unpaired) electrons. The van der Waals surface area contributed by atoms with Crippen LogP contribution in [0.2, 0.25) is 0 Å². The van der Waals surface area contributed by atoms with Gasteiger partial charge in [-0.2, -0.15) is 13.2 Å². The molecule has 38 heavy (non-hydrogen) atoms. The van der Waals surface area contributed by atoms with Gasteiger partial charge in [0, 0.05) is 30.3 Å². The number of aliphatic hydroxyl groups excluding tert-OH is 1. The third-order valence-electron chi connectivity index (χ3n) is 8.36. The molecule has 3 fully saturated rings. The van der Waals surface area contributed by atoms with E-state index in [-0.39, 0.29) is 11.3 Å². The van der Waals surface area contributed by atoms with Crippen molar-refractivity contribution in [1.82, 2.24) is 10.6 Å². The Hall–Kier alpha value is -2.98. The van der Waals surface area contributed by atoms with Crippen LogP contribution in [0.5, 0.6) is 5.75 Å². The molecule has 1 atom stereocenters. The minimum absolute atomic E-state index is 0.179. The zero-order valence-electron chi connectivity index (χ0n) is 21.3. The Labute approximate surface area is 218 Å². The van der Waals surface area contributed by atoms with Gasteiger partial charge in [-0.3, -0.25) is 9.79 Å². The molecular weight excluding hydrogens is 502 g/mol. The average molecular weight is 534 g/mol. The molecule has 3 aliphatic carbocycles. The van der Waals surface area contributed by atoms with Gasteiger partial charge in [0.2, 0.25) is 0 Å². The molecule has 3 N–H and O–H groups in total. The number of carbonyl (C=O) groups is 1. The number of aryl methyl sites for hydroxylation is 2. The molecule has 1 aliphatic heterocycles. The highest BCUT2D eigenvalue weighted by molar-refractivity contribution is 5.95. The van der Waals surface area contributed by atoms with Crippen molar-refractivity contribution in [3.63, 3.8) is 0 Å². The van der Waals surface area contributed by atoms with Gasteiger partial charge in [0.05, 0.1) is 22.9 Å². The molecule has 3 saturated carbocycles. The zero-order chi connectivity index (χ0) is 27.3. The summed E-state index contributed by atoms with van der Waals surface area (Å²) in [4.78, 5) is 17.4. The van der Waals surface area contributed by atoms with Crippen molar-refractivity contribution in [2.24, 2.45) is 4.99 Å². The SMILES string of the molecule is Cc1cc2c(cc1C)N=C(CNC13CCC(NC(=O)COc4ccc(C(F)(F)F)c(F)c4)(CC1)[C@@H](O)C3)C2. The van der Waals surface area contributed by atoms with Crippen molar-refractivity contribution < 1.29 is 32.2 Å². The van der Waals surface area contributed by atoms with Crippen molar-refractivity contribution in [2.45, 2.75) is 75.7 Å². The van der Waals surface area contributed by atoms with Crippen molar-refractivity contribution in [1.29, 1.82) is 0 Å². The van der Waals surface area contributed by atoms with Crippen molar-refractivity contribution >= 4 is 17.3 Å². The second-order valence-corrected chi connectivity index (χ2v) is 10.9. The lowest BCUT2D eigenvalue weighted by molar-refractivity contribution is -0.140. The van der Waals surface area contributed by atoms with Crippen LogP contribution in [-0.2, 0) is 17.4 Å². The van der Waals surface area contributed by atoms with Crippen molar-refractivity contribution in [3.8, 4) is 5.75 Å². The molecule has 2 aromatic rings.